The van der Waals surface area contributed by atoms with E-state index in [-0.39, 0.29) is 21.0 Å². The van der Waals surface area contributed by atoms with Crippen LogP contribution in [0.15, 0.2) is 17.0 Å². The van der Waals surface area contributed by atoms with Crippen molar-refractivity contribution in [2.24, 2.45) is 5.14 Å². The van der Waals surface area contributed by atoms with Crippen molar-refractivity contribution in [3.8, 4) is 0 Å². The molecule has 118 valence electrons. The van der Waals surface area contributed by atoms with Crippen molar-refractivity contribution in [1.29, 1.82) is 0 Å². The highest BCUT2D eigenvalue weighted by Gasteiger charge is 2.20. The number of halogens is 1. The fourth-order valence-electron chi connectivity index (χ4n) is 1.93. The monoisotopic (exact) mass is 333 g/mol. The Balaban J connectivity index is 2.88. The molecule has 0 saturated heterocycles. The van der Waals surface area contributed by atoms with Crippen LogP contribution in [0, 0.1) is 6.92 Å². The van der Waals surface area contributed by atoms with Crippen LogP contribution in [0.5, 0.6) is 0 Å². The van der Waals surface area contributed by atoms with Crippen LogP contribution < -0.4 is 5.14 Å². The lowest BCUT2D eigenvalue weighted by Gasteiger charge is -2.11. The fourth-order valence-corrected chi connectivity index (χ4v) is 3.04. The van der Waals surface area contributed by atoms with Crippen molar-refractivity contribution in [1.82, 2.24) is 0 Å². The van der Waals surface area contributed by atoms with Crippen LogP contribution >= 0.6 is 11.6 Å². The van der Waals surface area contributed by atoms with Gasteiger partial charge in [-0.1, -0.05) is 37.8 Å². The second-order valence-corrected chi connectivity index (χ2v) is 6.78. The summed E-state index contributed by atoms with van der Waals surface area (Å²) in [5, 5.41) is 5.24. The summed E-state index contributed by atoms with van der Waals surface area (Å²) in [6, 6.07) is 2.62. The summed E-state index contributed by atoms with van der Waals surface area (Å²) in [6.07, 6.45) is 3.95. The Kier molecular flexibility index (Phi) is 6.64. The first kappa shape index (κ1) is 17.9. The maximum Gasteiger partial charge on any atom is 0.338 e. The zero-order valence-corrected chi connectivity index (χ0v) is 13.8. The first-order valence-electron chi connectivity index (χ1n) is 6.77. The average Bonchev–Trinajstić information content (AvgIpc) is 2.39. The predicted octanol–water partition coefficient (Wildman–Crippen LogP) is 3.03. The van der Waals surface area contributed by atoms with Crippen LogP contribution in [-0.2, 0) is 14.8 Å². The first-order chi connectivity index (χ1) is 9.77. The lowest BCUT2D eigenvalue weighted by molar-refractivity contribution is 0.0496. The van der Waals surface area contributed by atoms with E-state index in [1.54, 1.807) is 0 Å². The third-order valence-electron chi connectivity index (χ3n) is 3.08. The minimum atomic E-state index is -3.94. The highest BCUT2D eigenvalue weighted by Crippen LogP contribution is 2.24. The Bertz CT molecular complexity index is 614. The Hall–Kier alpha value is -1.11. The third kappa shape index (κ3) is 5.30. The topological polar surface area (TPSA) is 86.5 Å². The lowest BCUT2D eigenvalue weighted by atomic mass is 10.1. The van der Waals surface area contributed by atoms with Crippen LogP contribution in [0.2, 0.25) is 5.02 Å². The molecule has 0 saturated carbocycles. The highest BCUT2D eigenvalue weighted by molar-refractivity contribution is 7.89. The summed E-state index contributed by atoms with van der Waals surface area (Å²) in [4.78, 5) is 11.9. The van der Waals surface area contributed by atoms with Gasteiger partial charge in [-0.3, -0.25) is 0 Å². The van der Waals surface area contributed by atoms with E-state index in [0.717, 1.165) is 25.7 Å². The summed E-state index contributed by atoms with van der Waals surface area (Å²) < 4.78 is 28.1. The Labute approximate surface area is 130 Å². The van der Waals surface area contributed by atoms with Gasteiger partial charge in [-0.2, -0.15) is 0 Å². The number of carbonyl (C=O) groups excluding carboxylic acids is 1. The fraction of sp³-hybridized carbons (Fsp3) is 0.500. The van der Waals surface area contributed by atoms with Gasteiger partial charge in [-0.15, -0.1) is 0 Å². The van der Waals surface area contributed by atoms with Crippen LogP contribution in [0.4, 0.5) is 0 Å². The number of ether oxygens (including phenoxy) is 1. The number of hydrogen-bond acceptors (Lipinski definition) is 4. The number of esters is 1. The Morgan fingerprint density at radius 2 is 1.95 bits per heavy atom. The molecule has 7 heteroatoms. The average molecular weight is 334 g/mol. The van der Waals surface area contributed by atoms with Crippen LogP contribution in [0.1, 0.15) is 48.5 Å². The van der Waals surface area contributed by atoms with E-state index in [2.05, 4.69) is 6.92 Å². The largest absolute Gasteiger partial charge is 0.462 e. The predicted molar refractivity (Wildman–Crippen MR) is 82.0 cm³/mol. The van der Waals surface area contributed by atoms with Gasteiger partial charge in [0.25, 0.3) is 0 Å². The maximum atomic E-state index is 12.0. The van der Waals surface area contributed by atoms with Gasteiger partial charge in [-0.05, 0) is 31.0 Å². The molecule has 0 unspecified atom stereocenters. The van der Waals surface area contributed by atoms with Crippen molar-refractivity contribution in [3.63, 3.8) is 0 Å². The molecule has 2 N–H and O–H groups in total. The molecule has 0 heterocycles. The standard InChI is InChI=1S/C14H20ClNO4S/c1-3-4-5-6-7-20-14(17)12-8-11(15)9-13(10(12)2)21(16,18)19/h8-9H,3-7H2,1-2H3,(H2,16,18,19). The normalized spacial score (nSPS) is 11.4. The molecule has 0 aliphatic heterocycles. The summed E-state index contributed by atoms with van der Waals surface area (Å²) in [7, 11) is -3.94. The molecular formula is C14H20ClNO4S. The molecule has 0 spiro atoms. The number of unbranched alkanes of at least 4 members (excludes halogenated alkanes) is 3. The third-order valence-corrected chi connectivity index (χ3v) is 4.34. The number of hydrogen-bond donors (Lipinski definition) is 1. The van der Waals surface area contributed by atoms with Crippen LogP contribution in [0.25, 0.3) is 0 Å². The minimum Gasteiger partial charge on any atom is -0.462 e. The lowest BCUT2D eigenvalue weighted by Crippen LogP contribution is -2.17. The van der Waals surface area contributed by atoms with E-state index in [9.17, 15) is 13.2 Å². The molecular weight excluding hydrogens is 314 g/mol. The van der Waals surface area contributed by atoms with Gasteiger partial charge < -0.3 is 4.74 Å². The first-order valence-corrected chi connectivity index (χ1v) is 8.70. The maximum absolute atomic E-state index is 12.0. The quantitative estimate of drug-likeness (QED) is 0.613. The van der Waals surface area contributed by atoms with Gasteiger partial charge in [0.05, 0.1) is 17.1 Å². The zero-order chi connectivity index (χ0) is 16.0. The molecule has 0 amide bonds. The number of sulfonamides is 1. The molecule has 1 rings (SSSR count). The number of benzene rings is 1. The molecule has 0 aromatic heterocycles. The molecule has 0 aliphatic carbocycles. The molecule has 21 heavy (non-hydrogen) atoms. The zero-order valence-electron chi connectivity index (χ0n) is 12.2. The van der Waals surface area contributed by atoms with Gasteiger partial charge in [0, 0.05) is 5.02 Å². The summed E-state index contributed by atoms with van der Waals surface area (Å²) in [5.74, 6) is -0.587. The Morgan fingerprint density at radius 3 is 2.52 bits per heavy atom. The van der Waals surface area contributed by atoms with Crippen LogP contribution in [0.3, 0.4) is 0 Å². The summed E-state index contributed by atoms with van der Waals surface area (Å²) >= 11 is 5.85. The molecule has 0 radical (unpaired) electrons. The molecule has 1 aromatic carbocycles. The van der Waals surface area contributed by atoms with E-state index in [1.807, 2.05) is 0 Å². The molecule has 1 aromatic rings. The number of rotatable bonds is 7. The molecule has 0 atom stereocenters. The summed E-state index contributed by atoms with van der Waals surface area (Å²) in [6.45, 7) is 3.90. The van der Waals surface area contributed by atoms with Crippen molar-refractivity contribution in [3.05, 3.63) is 28.3 Å². The van der Waals surface area contributed by atoms with E-state index < -0.39 is 16.0 Å². The molecule has 0 fully saturated rings. The highest BCUT2D eigenvalue weighted by atomic mass is 35.5. The van der Waals surface area contributed by atoms with Gasteiger partial charge in [0.15, 0.2) is 0 Å². The van der Waals surface area contributed by atoms with E-state index in [1.165, 1.54) is 19.1 Å². The van der Waals surface area contributed by atoms with Gasteiger partial charge >= 0.3 is 5.97 Å². The van der Waals surface area contributed by atoms with Crippen LogP contribution in [-0.4, -0.2) is 21.0 Å². The number of carbonyl (C=O) groups is 1. The van der Waals surface area contributed by atoms with E-state index in [4.69, 9.17) is 21.5 Å². The van der Waals surface area contributed by atoms with Crippen molar-refractivity contribution in [2.45, 2.75) is 44.4 Å². The molecule has 0 aliphatic rings. The summed E-state index contributed by atoms with van der Waals surface area (Å²) in [5.41, 5.74) is 0.377. The van der Waals surface area contributed by atoms with E-state index in [0.29, 0.717) is 6.61 Å². The van der Waals surface area contributed by atoms with Crippen molar-refractivity contribution >= 4 is 27.6 Å². The second-order valence-electron chi connectivity index (χ2n) is 4.82. The SMILES string of the molecule is CCCCCCOC(=O)c1cc(Cl)cc(S(N)(=O)=O)c1C. The van der Waals surface area contributed by atoms with Gasteiger partial charge in [-0.25, -0.2) is 18.4 Å². The Morgan fingerprint density at radius 1 is 1.29 bits per heavy atom. The minimum absolute atomic E-state index is 0.127. The van der Waals surface area contributed by atoms with Gasteiger partial charge in [0.1, 0.15) is 0 Å². The van der Waals surface area contributed by atoms with E-state index >= 15 is 0 Å². The molecule has 0 bridgehead atoms. The molecule has 5 nitrogen and oxygen atoms in total. The second kappa shape index (κ2) is 7.77. The van der Waals surface area contributed by atoms with Gasteiger partial charge in [0.2, 0.25) is 10.0 Å². The number of nitrogens with two attached hydrogens (primary N) is 1. The number of primary sulfonamides is 1. The van der Waals surface area contributed by atoms with Crippen molar-refractivity contribution < 1.29 is 17.9 Å². The smallest absolute Gasteiger partial charge is 0.338 e. The van der Waals surface area contributed by atoms with Crippen molar-refractivity contribution in [2.75, 3.05) is 6.61 Å².